The van der Waals surface area contributed by atoms with Gasteiger partial charge in [0.1, 0.15) is 5.75 Å². The number of nitrogen functional groups attached to an aromatic ring is 1. The molecule has 2 aliphatic rings. The molecule has 104 valence electrons. The highest BCUT2D eigenvalue weighted by Gasteiger charge is 2.34. The summed E-state index contributed by atoms with van der Waals surface area (Å²) >= 11 is 0. The minimum absolute atomic E-state index is 0.603. The maximum Gasteiger partial charge on any atom is 0.119 e. The number of hydrogen-bond acceptors (Lipinski definition) is 4. The fourth-order valence-electron chi connectivity index (χ4n) is 2.84. The highest BCUT2D eigenvalue weighted by atomic mass is 16.5. The normalized spacial score (nSPS) is 23.7. The molecule has 1 saturated heterocycles. The molecule has 1 aliphatic heterocycles. The lowest BCUT2D eigenvalue weighted by atomic mass is 10.1. The molecule has 0 spiro atoms. The van der Waals surface area contributed by atoms with E-state index >= 15 is 0 Å². The van der Waals surface area contributed by atoms with Gasteiger partial charge in [0, 0.05) is 37.4 Å². The molecule has 1 heterocycles. The van der Waals surface area contributed by atoms with E-state index in [2.05, 4.69) is 10.2 Å². The summed E-state index contributed by atoms with van der Waals surface area (Å²) in [6.45, 7) is 3.26. The van der Waals surface area contributed by atoms with E-state index < -0.39 is 0 Å². The van der Waals surface area contributed by atoms with Crippen molar-refractivity contribution >= 4 is 5.69 Å². The topological polar surface area (TPSA) is 50.5 Å². The third kappa shape index (κ3) is 3.01. The summed E-state index contributed by atoms with van der Waals surface area (Å²) in [5.41, 5.74) is 7.98. The van der Waals surface area contributed by atoms with Crippen LogP contribution in [0.4, 0.5) is 5.69 Å². The van der Waals surface area contributed by atoms with E-state index in [9.17, 15) is 0 Å². The first-order valence-electron chi connectivity index (χ1n) is 7.16. The van der Waals surface area contributed by atoms with Crippen molar-refractivity contribution in [2.75, 3.05) is 25.9 Å². The van der Waals surface area contributed by atoms with Crippen molar-refractivity contribution in [3.05, 3.63) is 23.8 Å². The smallest absolute Gasteiger partial charge is 0.119 e. The highest BCUT2D eigenvalue weighted by Crippen LogP contribution is 2.30. The van der Waals surface area contributed by atoms with Crippen molar-refractivity contribution in [2.24, 2.45) is 0 Å². The number of benzene rings is 1. The molecule has 0 radical (unpaired) electrons. The Kier molecular flexibility index (Phi) is 3.62. The molecule has 1 unspecified atom stereocenters. The van der Waals surface area contributed by atoms with Gasteiger partial charge in [-0.1, -0.05) is 0 Å². The zero-order chi connectivity index (χ0) is 13.2. The average Bonchev–Trinajstić information content (AvgIpc) is 3.17. The summed E-state index contributed by atoms with van der Waals surface area (Å²) in [5.74, 6) is 0.872. The Morgan fingerprint density at radius 2 is 2.21 bits per heavy atom. The van der Waals surface area contributed by atoms with Crippen LogP contribution in [0.25, 0.3) is 0 Å². The van der Waals surface area contributed by atoms with Crippen LogP contribution in [0, 0.1) is 0 Å². The van der Waals surface area contributed by atoms with Crippen LogP contribution in [0.2, 0.25) is 0 Å². The Balaban J connectivity index is 1.54. The lowest BCUT2D eigenvalue weighted by molar-refractivity contribution is 0.317. The van der Waals surface area contributed by atoms with E-state index in [0.717, 1.165) is 29.6 Å². The number of ether oxygens (including phenoxy) is 1. The molecule has 4 heteroatoms. The number of nitrogens with one attached hydrogen (secondary N) is 1. The van der Waals surface area contributed by atoms with Crippen molar-refractivity contribution in [3.8, 4) is 5.75 Å². The molecule has 1 aromatic carbocycles. The van der Waals surface area contributed by atoms with E-state index in [0.29, 0.717) is 6.04 Å². The van der Waals surface area contributed by atoms with Crippen LogP contribution < -0.4 is 15.8 Å². The van der Waals surface area contributed by atoms with Gasteiger partial charge in [0.25, 0.3) is 0 Å². The van der Waals surface area contributed by atoms with Crippen molar-refractivity contribution < 1.29 is 4.74 Å². The summed E-state index contributed by atoms with van der Waals surface area (Å²) in [4.78, 5) is 2.62. The van der Waals surface area contributed by atoms with Gasteiger partial charge in [0.05, 0.1) is 7.11 Å². The molecule has 2 fully saturated rings. The van der Waals surface area contributed by atoms with Gasteiger partial charge in [-0.2, -0.15) is 0 Å². The first kappa shape index (κ1) is 12.8. The fourth-order valence-corrected chi connectivity index (χ4v) is 2.84. The molecular weight excluding hydrogens is 238 g/mol. The zero-order valence-corrected chi connectivity index (χ0v) is 11.6. The molecule has 19 heavy (non-hydrogen) atoms. The van der Waals surface area contributed by atoms with Gasteiger partial charge in [-0.25, -0.2) is 0 Å². The number of nitrogens with zero attached hydrogens (tertiary/aromatic N) is 1. The molecule has 1 atom stereocenters. The number of anilines is 1. The van der Waals surface area contributed by atoms with Crippen LogP contribution in [-0.2, 0) is 6.54 Å². The van der Waals surface area contributed by atoms with Crippen LogP contribution in [0.5, 0.6) is 5.75 Å². The standard InChI is InChI=1S/C15H23N3O/c1-19-14-4-5-15(16)11(8-14)9-17-12-6-7-18(10-12)13-2-3-13/h4-5,8,12-13,17H,2-3,6-7,9-10,16H2,1H3. The van der Waals surface area contributed by atoms with Crippen LogP contribution >= 0.6 is 0 Å². The molecule has 0 aromatic heterocycles. The molecule has 4 nitrogen and oxygen atoms in total. The number of nitrogens with two attached hydrogens (primary N) is 1. The lowest BCUT2D eigenvalue weighted by Gasteiger charge is -2.16. The quantitative estimate of drug-likeness (QED) is 0.791. The van der Waals surface area contributed by atoms with Crippen LogP contribution in [0.1, 0.15) is 24.8 Å². The molecule has 1 aliphatic carbocycles. The molecule has 0 amide bonds. The van der Waals surface area contributed by atoms with Crippen LogP contribution in [-0.4, -0.2) is 37.2 Å². The second kappa shape index (κ2) is 5.39. The van der Waals surface area contributed by atoms with Crippen LogP contribution in [0.3, 0.4) is 0 Å². The molecule has 3 rings (SSSR count). The van der Waals surface area contributed by atoms with E-state index in [1.165, 1.54) is 32.4 Å². The third-order valence-electron chi connectivity index (χ3n) is 4.21. The number of rotatable bonds is 5. The first-order valence-corrected chi connectivity index (χ1v) is 7.16. The lowest BCUT2D eigenvalue weighted by Crippen LogP contribution is -2.33. The van der Waals surface area contributed by atoms with Crippen molar-refractivity contribution in [2.45, 2.75) is 37.9 Å². The Labute approximate surface area is 114 Å². The van der Waals surface area contributed by atoms with Gasteiger partial charge in [-0.05, 0) is 43.0 Å². The number of methoxy groups -OCH3 is 1. The van der Waals surface area contributed by atoms with Gasteiger partial charge < -0.3 is 15.8 Å². The molecular formula is C15H23N3O. The Hall–Kier alpha value is -1.26. The Morgan fingerprint density at radius 1 is 1.37 bits per heavy atom. The van der Waals surface area contributed by atoms with Gasteiger partial charge in [0.2, 0.25) is 0 Å². The van der Waals surface area contributed by atoms with Gasteiger partial charge in [-0.15, -0.1) is 0 Å². The predicted molar refractivity (Wildman–Crippen MR) is 77.2 cm³/mol. The summed E-state index contributed by atoms with van der Waals surface area (Å²) in [6, 6.07) is 7.33. The highest BCUT2D eigenvalue weighted by molar-refractivity contribution is 5.50. The summed E-state index contributed by atoms with van der Waals surface area (Å²) in [6.07, 6.45) is 4.05. The van der Waals surface area contributed by atoms with Crippen molar-refractivity contribution in [1.82, 2.24) is 10.2 Å². The molecule has 1 aromatic rings. The molecule has 1 saturated carbocycles. The second-order valence-corrected chi connectivity index (χ2v) is 5.66. The third-order valence-corrected chi connectivity index (χ3v) is 4.21. The molecule has 3 N–H and O–H groups in total. The maximum absolute atomic E-state index is 6.01. The summed E-state index contributed by atoms with van der Waals surface area (Å²) in [7, 11) is 1.69. The van der Waals surface area contributed by atoms with Gasteiger partial charge in [0.15, 0.2) is 0 Å². The first-order chi connectivity index (χ1) is 9.26. The van der Waals surface area contributed by atoms with Gasteiger partial charge >= 0.3 is 0 Å². The monoisotopic (exact) mass is 261 g/mol. The molecule has 0 bridgehead atoms. The maximum atomic E-state index is 6.01. The fraction of sp³-hybridized carbons (Fsp3) is 0.600. The van der Waals surface area contributed by atoms with Crippen molar-refractivity contribution in [1.29, 1.82) is 0 Å². The second-order valence-electron chi connectivity index (χ2n) is 5.66. The number of hydrogen-bond donors (Lipinski definition) is 2. The zero-order valence-electron chi connectivity index (χ0n) is 11.6. The van der Waals surface area contributed by atoms with E-state index in [1.807, 2.05) is 18.2 Å². The summed E-state index contributed by atoms with van der Waals surface area (Å²) in [5, 5.41) is 3.63. The van der Waals surface area contributed by atoms with Gasteiger partial charge in [-0.3, -0.25) is 4.90 Å². The Morgan fingerprint density at radius 3 is 2.95 bits per heavy atom. The average molecular weight is 261 g/mol. The van der Waals surface area contributed by atoms with E-state index in [4.69, 9.17) is 10.5 Å². The number of likely N-dealkylation sites (tertiary alicyclic amines) is 1. The largest absolute Gasteiger partial charge is 0.497 e. The Bertz CT molecular complexity index is 445. The predicted octanol–water partition coefficient (Wildman–Crippen LogP) is 1.60. The van der Waals surface area contributed by atoms with Crippen molar-refractivity contribution in [3.63, 3.8) is 0 Å². The summed E-state index contributed by atoms with van der Waals surface area (Å²) < 4.78 is 5.25. The van der Waals surface area contributed by atoms with E-state index in [1.54, 1.807) is 7.11 Å². The van der Waals surface area contributed by atoms with E-state index in [-0.39, 0.29) is 0 Å². The minimum Gasteiger partial charge on any atom is -0.497 e. The van der Waals surface area contributed by atoms with Crippen LogP contribution in [0.15, 0.2) is 18.2 Å². The SMILES string of the molecule is COc1ccc(N)c(CNC2CCN(C3CC3)C2)c1. The minimum atomic E-state index is 0.603.